The number of benzene rings is 1. The molecule has 1 aliphatic heterocycles. The van der Waals surface area contributed by atoms with Gasteiger partial charge < -0.3 is 5.32 Å². The summed E-state index contributed by atoms with van der Waals surface area (Å²) in [6.45, 7) is 2.96. The molecule has 1 atom stereocenters. The summed E-state index contributed by atoms with van der Waals surface area (Å²) >= 11 is 7.50. The zero-order chi connectivity index (χ0) is 12.3. The molecule has 1 N–H and O–H groups in total. The number of hydrogen-bond acceptors (Lipinski definition) is 3. The number of hydrogen-bond donors (Lipinski definition) is 1. The predicted molar refractivity (Wildman–Crippen MR) is 73.6 cm³/mol. The van der Waals surface area contributed by atoms with Crippen LogP contribution in [-0.4, -0.2) is 17.0 Å². The second-order valence-corrected chi connectivity index (χ2v) is 5.65. The first kappa shape index (κ1) is 12.7. The van der Waals surface area contributed by atoms with Crippen molar-refractivity contribution in [3.05, 3.63) is 29.0 Å². The molecule has 1 heterocycles. The van der Waals surface area contributed by atoms with Gasteiger partial charge in [0.05, 0.1) is 12.2 Å². The molecule has 2 nitrogen and oxygen atoms in total. The monoisotopic (exact) mass is 272 g/mol. The van der Waals surface area contributed by atoms with Gasteiger partial charge in [0.25, 0.3) is 0 Å². The lowest BCUT2D eigenvalue weighted by molar-refractivity contribution is 0.632. The topological polar surface area (TPSA) is 24.4 Å². The summed E-state index contributed by atoms with van der Waals surface area (Å²) < 4.78 is 13.5. The Morgan fingerprint density at radius 1 is 1.59 bits per heavy atom. The molecule has 5 heteroatoms. The van der Waals surface area contributed by atoms with E-state index in [4.69, 9.17) is 11.6 Å². The van der Waals surface area contributed by atoms with Gasteiger partial charge in [-0.25, -0.2) is 4.39 Å². The highest BCUT2D eigenvalue weighted by Gasteiger charge is 2.19. The maximum absolute atomic E-state index is 13.5. The molecule has 0 aromatic heterocycles. The van der Waals surface area contributed by atoms with Crippen molar-refractivity contribution in [3.8, 4) is 0 Å². The Balaban J connectivity index is 2.00. The molecule has 1 aromatic carbocycles. The van der Waals surface area contributed by atoms with E-state index in [-0.39, 0.29) is 5.82 Å². The summed E-state index contributed by atoms with van der Waals surface area (Å²) in [5, 5.41) is 4.81. The molecule has 1 aromatic rings. The van der Waals surface area contributed by atoms with E-state index in [2.05, 4.69) is 17.2 Å². The molecule has 2 rings (SSSR count). The molecule has 0 fully saturated rings. The highest BCUT2D eigenvalue weighted by atomic mass is 35.5. The summed E-state index contributed by atoms with van der Waals surface area (Å²) in [5.41, 5.74) is 0.390. The molecule has 0 saturated heterocycles. The van der Waals surface area contributed by atoms with Crippen LogP contribution in [0.3, 0.4) is 0 Å². The van der Waals surface area contributed by atoms with Crippen molar-refractivity contribution in [2.24, 2.45) is 4.99 Å². The minimum absolute atomic E-state index is 0.309. The van der Waals surface area contributed by atoms with Gasteiger partial charge >= 0.3 is 0 Å². The van der Waals surface area contributed by atoms with Gasteiger partial charge in [0.15, 0.2) is 5.17 Å². The number of nitrogens with zero attached hydrogens (tertiary/aromatic N) is 1. The zero-order valence-electron chi connectivity index (χ0n) is 9.54. The van der Waals surface area contributed by atoms with E-state index in [0.717, 1.165) is 24.6 Å². The van der Waals surface area contributed by atoms with Gasteiger partial charge in [0, 0.05) is 10.3 Å². The summed E-state index contributed by atoms with van der Waals surface area (Å²) in [4.78, 5) is 4.36. The Morgan fingerprint density at radius 2 is 2.41 bits per heavy atom. The van der Waals surface area contributed by atoms with Crippen LogP contribution in [-0.2, 0) is 0 Å². The number of rotatable bonds is 3. The molecular formula is C12H14ClFN2S. The average molecular weight is 273 g/mol. The first-order valence-corrected chi connectivity index (χ1v) is 6.88. The van der Waals surface area contributed by atoms with Gasteiger partial charge in [-0.2, -0.15) is 0 Å². The Hall–Kier alpha value is -0.740. The first-order chi connectivity index (χ1) is 8.19. The van der Waals surface area contributed by atoms with Crippen molar-refractivity contribution in [2.45, 2.75) is 25.0 Å². The summed E-state index contributed by atoms with van der Waals surface area (Å²) in [6.07, 6.45) is 2.28. The fourth-order valence-electron chi connectivity index (χ4n) is 1.67. The van der Waals surface area contributed by atoms with E-state index in [1.807, 2.05) is 0 Å². The fourth-order valence-corrected chi connectivity index (χ4v) is 2.98. The van der Waals surface area contributed by atoms with E-state index in [1.165, 1.54) is 12.1 Å². The fraction of sp³-hybridized carbons (Fsp3) is 0.417. The van der Waals surface area contributed by atoms with Crippen LogP contribution in [0.1, 0.15) is 19.8 Å². The molecule has 1 aliphatic rings. The van der Waals surface area contributed by atoms with Crippen LogP contribution in [0.5, 0.6) is 0 Å². The zero-order valence-corrected chi connectivity index (χ0v) is 11.1. The van der Waals surface area contributed by atoms with Gasteiger partial charge in [-0.15, -0.1) is 0 Å². The number of halogens is 2. The van der Waals surface area contributed by atoms with Gasteiger partial charge in [-0.1, -0.05) is 36.7 Å². The van der Waals surface area contributed by atoms with Crippen LogP contribution < -0.4 is 5.32 Å². The van der Waals surface area contributed by atoms with Crippen LogP contribution in [0, 0.1) is 5.82 Å². The van der Waals surface area contributed by atoms with Crippen molar-refractivity contribution in [3.63, 3.8) is 0 Å². The van der Waals surface area contributed by atoms with E-state index in [0.29, 0.717) is 16.0 Å². The van der Waals surface area contributed by atoms with Crippen molar-refractivity contribution in [1.82, 2.24) is 0 Å². The highest BCUT2D eigenvalue weighted by molar-refractivity contribution is 8.15. The molecule has 92 valence electrons. The van der Waals surface area contributed by atoms with Crippen molar-refractivity contribution in [2.75, 3.05) is 11.9 Å². The van der Waals surface area contributed by atoms with Crippen LogP contribution in [0.2, 0.25) is 5.02 Å². The van der Waals surface area contributed by atoms with Crippen molar-refractivity contribution < 1.29 is 4.39 Å². The maximum atomic E-state index is 13.5. The lowest BCUT2D eigenvalue weighted by Crippen LogP contribution is -2.08. The van der Waals surface area contributed by atoms with Crippen LogP contribution in [0.4, 0.5) is 10.1 Å². The smallest absolute Gasteiger partial charge is 0.161 e. The standard InChI is InChI=1S/C12H14ClFN2S/c1-2-3-9-7-15-12(17-9)16-11-6-8(13)4-5-10(11)14/h4-6,9H,2-3,7H2,1H3,(H,15,16). The van der Waals surface area contributed by atoms with E-state index < -0.39 is 0 Å². The van der Waals surface area contributed by atoms with Gasteiger partial charge in [0.2, 0.25) is 0 Å². The van der Waals surface area contributed by atoms with Gasteiger partial charge in [-0.05, 0) is 24.6 Å². The predicted octanol–water partition coefficient (Wildman–Crippen LogP) is 4.16. The third-order valence-corrected chi connectivity index (χ3v) is 3.91. The normalized spacial score (nSPS) is 19.2. The number of amidine groups is 1. The quantitative estimate of drug-likeness (QED) is 0.893. The van der Waals surface area contributed by atoms with Crippen molar-refractivity contribution >= 4 is 34.2 Å². The SMILES string of the molecule is CCCC1CN=C(Nc2cc(Cl)ccc2F)S1. The lowest BCUT2D eigenvalue weighted by atomic mass is 10.2. The third-order valence-electron chi connectivity index (χ3n) is 2.50. The Bertz CT molecular complexity index is 437. The Morgan fingerprint density at radius 3 is 3.18 bits per heavy atom. The minimum atomic E-state index is -0.309. The number of nitrogens with one attached hydrogen (secondary N) is 1. The molecule has 17 heavy (non-hydrogen) atoms. The largest absolute Gasteiger partial charge is 0.333 e. The lowest BCUT2D eigenvalue weighted by Gasteiger charge is -2.08. The molecule has 1 unspecified atom stereocenters. The Kier molecular flexibility index (Phi) is 4.29. The minimum Gasteiger partial charge on any atom is -0.333 e. The molecule has 0 spiro atoms. The van der Waals surface area contributed by atoms with E-state index >= 15 is 0 Å². The first-order valence-electron chi connectivity index (χ1n) is 5.62. The summed E-state index contributed by atoms with van der Waals surface area (Å²) in [7, 11) is 0. The summed E-state index contributed by atoms with van der Waals surface area (Å²) in [6, 6.07) is 4.47. The number of thioether (sulfide) groups is 1. The van der Waals surface area contributed by atoms with Crippen molar-refractivity contribution in [1.29, 1.82) is 0 Å². The van der Waals surface area contributed by atoms with Crippen LogP contribution in [0.25, 0.3) is 0 Å². The Labute approximate surface area is 110 Å². The second-order valence-electron chi connectivity index (χ2n) is 3.92. The highest BCUT2D eigenvalue weighted by Crippen LogP contribution is 2.27. The maximum Gasteiger partial charge on any atom is 0.161 e. The van der Waals surface area contributed by atoms with E-state index in [9.17, 15) is 4.39 Å². The molecule has 0 amide bonds. The third kappa shape index (κ3) is 3.36. The molecule has 0 aliphatic carbocycles. The van der Waals surface area contributed by atoms with E-state index in [1.54, 1.807) is 17.8 Å². The average Bonchev–Trinajstić information content (AvgIpc) is 2.72. The second kappa shape index (κ2) is 5.74. The molecular weight excluding hydrogens is 259 g/mol. The summed E-state index contributed by atoms with van der Waals surface area (Å²) in [5.74, 6) is -0.309. The van der Waals surface area contributed by atoms with Gasteiger partial charge in [0.1, 0.15) is 5.82 Å². The number of aliphatic imine (C=N–C) groups is 1. The van der Waals surface area contributed by atoms with Crippen LogP contribution in [0.15, 0.2) is 23.2 Å². The molecule has 0 saturated carbocycles. The number of anilines is 1. The van der Waals surface area contributed by atoms with Crippen LogP contribution >= 0.6 is 23.4 Å². The van der Waals surface area contributed by atoms with Gasteiger partial charge in [-0.3, -0.25) is 4.99 Å². The molecule has 0 bridgehead atoms. The molecule has 0 radical (unpaired) electrons.